The van der Waals surface area contributed by atoms with E-state index in [4.69, 9.17) is 14.2 Å². The van der Waals surface area contributed by atoms with Crippen LogP contribution in [0.1, 0.15) is 23.6 Å². The van der Waals surface area contributed by atoms with E-state index in [2.05, 4.69) is 5.10 Å². The minimum Gasteiger partial charge on any atom is -0.508 e. The van der Waals surface area contributed by atoms with E-state index in [1.54, 1.807) is 45.6 Å². The summed E-state index contributed by atoms with van der Waals surface area (Å²) in [5, 5.41) is 15.2. The molecule has 1 heterocycles. The number of phenols is 1. The molecule has 0 radical (unpaired) electrons. The van der Waals surface area contributed by atoms with Crippen molar-refractivity contribution >= 4 is 12.1 Å². The number of methoxy groups -OCH3 is 3. The second kappa shape index (κ2) is 7.35. The maximum atomic E-state index is 11.5. The van der Waals surface area contributed by atoms with Crippen LogP contribution in [0.5, 0.6) is 23.0 Å². The molecule has 26 heavy (non-hydrogen) atoms. The summed E-state index contributed by atoms with van der Waals surface area (Å²) in [4.78, 5) is 11.5. The molecule has 1 aliphatic heterocycles. The number of carbonyl (C=O) groups is 1. The molecule has 0 spiro atoms. The third-order valence-electron chi connectivity index (χ3n) is 4.32. The van der Waals surface area contributed by atoms with Gasteiger partial charge >= 0.3 is 0 Å². The summed E-state index contributed by atoms with van der Waals surface area (Å²) < 4.78 is 16.1. The Morgan fingerprint density at radius 2 is 1.69 bits per heavy atom. The van der Waals surface area contributed by atoms with E-state index in [-0.39, 0.29) is 11.8 Å². The highest BCUT2D eigenvalue weighted by atomic mass is 16.5. The van der Waals surface area contributed by atoms with E-state index in [1.165, 1.54) is 5.01 Å². The molecule has 2 aromatic carbocycles. The Balaban J connectivity index is 1.97. The van der Waals surface area contributed by atoms with Gasteiger partial charge in [-0.2, -0.15) is 5.10 Å². The van der Waals surface area contributed by atoms with Crippen LogP contribution in [0.2, 0.25) is 0 Å². The summed E-state index contributed by atoms with van der Waals surface area (Å²) in [6, 6.07) is 10.1. The highest BCUT2D eigenvalue weighted by Crippen LogP contribution is 2.42. The molecule has 2 aromatic rings. The number of phenolic OH excluding ortho intramolecular Hbond substituents is 1. The van der Waals surface area contributed by atoms with Gasteiger partial charge in [-0.3, -0.25) is 4.79 Å². The fourth-order valence-electron chi connectivity index (χ4n) is 3.02. The molecule has 1 atom stereocenters. The molecule has 7 heteroatoms. The van der Waals surface area contributed by atoms with Crippen LogP contribution in [-0.4, -0.2) is 43.6 Å². The second-order valence-corrected chi connectivity index (χ2v) is 5.76. The molecule has 1 unspecified atom stereocenters. The zero-order valence-corrected chi connectivity index (χ0v) is 14.8. The summed E-state index contributed by atoms with van der Waals surface area (Å²) in [5.41, 5.74) is 2.43. The quantitative estimate of drug-likeness (QED) is 0.805. The Morgan fingerprint density at radius 1 is 1.08 bits per heavy atom. The van der Waals surface area contributed by atoms with Crippen LogP contribution in [0.4, 0.5) is 0 Å². The smallest absolute Gasteiger partial charge is 0.230 e. The van der Waals surface area contributed by atoms with E-state index in [9.17, 15) is 9.90 Å². The first-order valence-corrected chi connectivity index (χ1v) is 8.01. The molecule has 7 nitrogen and oxygen atoms in total. The van der Waals surface area contributed by atoms with Gasteiger partial charge in [-0.25, -0.2) is 5.01 Å². The maximum Gasteiger partial charge on any atom is 0.230 e. The summed E-state index contributed by atoms with van der Waals surface area (Å²) in [7, 11) is 4.64. The van der Waals surface area contributed by atoms with Gasteiger partial charge in [-0.1, -0.05) is 0 Å². The van der Waals surface area contributed by atoms with E-state index in [0.29, 0.717) is 30.1 Å². The van der Waals surface area contributed by atoms with E-state index in [0.717, 1.165) is 16.8 Å². The molecular weight excluding hydrogens is 336 g/mol. The van der Waals surface area contributed by atoms with Gasteiger partial charge in [0.2, 0.25) is 12.2 Å². The van der Waals surface area contributed by atoms with E-state index >= 15 is 0 Å². The number of ether oxygens (including phenoxy) is 3. The number of hydrogen-bond acceptors (Lipinski definition) is 6. The van der Waals surface area contributed by atoms with Gasteiger partial charge in [0.25, 0.3) is 0 Å². The predicted molar refractivity (Wildman–Crippen MR) is 96.0 cm³/mol. The topological polar surface area (TPSA) is 80.6 Å². The van der Waals surface area contributed by atoms with Crippen molar-refractivity contribution in [2.45, 2.75) is 12.5 Å². The molecule has 0 aliphatic carbocycles. The Kier molecular flexibility index (Phi) is 4.97. The first kappa shape index (κ1) is 17.6. The number of benzene rings is 2. The van der Waals surface area contributed by atoms with Crippen molar-refractivity contribution in [3.05, 3.63) is 47.5 Å². The molecule has 1 amide bonds. The van der Waals surface area contributed by atoms with Gasteiger partial charge in [0.1, 0.15) is 5.75 Å². The average molecular weight is 356 g/mol. The first-order valence-electron chi connectivity index (χ1n) is 8.01. The van der Waals surface area contributed by atoms with Crippen LogP contribution < -0.4 is 14.2 Å². The van der Waals surface area contributed by atoms with Crippen LogP contribution in [0.25, 0.3) is 0 Å². The maximum absolute atomic E-state index is 11.5. The van der Waals surface area contributed by atoms with Crippen molar-refractivity contribution in [1.82, 2.24) is 5.01 Å². The molecule has 0 aromatic heterocycles. The molecule has 136 valence electrons. The van der Waals surface area contributed by atoms with Gasteiger partial charge < -0.3 is 19.3 Å². The lowest BCUT2D eigenvalue weighted by atomic mass is 9.98. The van der Waals surface area contributed by atoms with Gasteiger partial charge in [-0.15, -0.1) is 0 Å². The van der Waals surface area contributed by atoms with Crippen molar-refractivity contribution in [1.29, 1.82) is 0 Å². The van der Waals surface area contributed by atoms with Crippen molar-refractivity contribution in [2.75, 3.05) is 21.3 Å². The largest absolute Gasteiger partial charge is 0.508 e. The minimum absolute atomic E-state index is 0.181. The molecule has 0 fully saturated rings. The van der Waals surface area contributed by atoms with Crippen LogP contribution in [0.3, 0.4) is 0 Å². The average Bonchev–Trinajstić information content (AvgIpc) is 3.11. The number of hydrazone groups is 1. The Hall–Kier alpha value is -3.22. The lowest BCUT2D eigenvalue weighted by Gasteiger charge is -2.20. The van der Waals surface area contributed by atoms with Crippen molar-refractivity contribution in [3.63, 3.8) is 0 Å². The summed E-state index contributed by atoms with van der Waals surface area (Å²) in [5.74, 6) is 1.71. The first-order chi connectivity index (χ1) is 12.6. The zero-order chi connectivity index (χ0) is 18.7. The second-order valence-electron chi connectivity index (χ2n) is 5.76. The monoisotopic (exact) mass is 356 g/mol. The zero-order valence-electron chi connectivity index (χ0n) is 14.8. The van der Waals surface area contributed by atoms with Crippen LogP contribution in [-0.2, 0) is 4.79 Å². The third-order valence-corrected chi connectivity index (χ3v) is 4.32. The van der Waals surface area contributed by atoms with Crippen molar-refractivity contribution in [2.24, 2.45) is 5.10 Å². The standard InChI is InChI=1S/C19H20N2O5/c1-24-17-8-13(9-18(25-2)19(17)26-3)16-10-15(20-21(16)11-22)12-4-6-14(23)7-5-12/h4-9,11,16,23H,10H2,1-3H3. The van der Waals surface area contributed by atoms with Crippen LogP contribution in [0.15, 0.2) is 41.5 Å². The number of rotatable bonds is 6. The molecule has 1 aliphatic rings. The van der Waals surface area contributed by atoms with Gasteiger partial charge in [0, 0.05) is 6.42 Å². The van der Waals surface area contributed by atoms with Crippen molar-refractivity contribution < 1.29 is 24.1 Å². The summed E-state index contributed by atoms with van der Waals surface area (Å²) >= 11 is 0. The Labute approximate surface area is 151 Å². The van der Waals surface area contributed by atoms with Crippen LogP contribution in [0, 0.1) is 0 Å². The number of aromatic hydroxyl groups is 1. The lowest BCUT2D eigenvalue weighted by Crippen LogP contribution is -2.17. The number of hydrogen-bond donors (Lipinski definition) is 1. The fraction of sp³-hybridized carbons (Fsp3) is 0.263. The third kappa shape index (κ3) is 3.15. The SMILES string of the molecule is COc1cc(C2CC(c3ccc(O)cc3)=NN2C=O)cc(OC)c1OC. The lowest BCUT2D eigenvalue weighted by molar-refractivity contribution is -0.119. The normalized spacial score (nSPS) is 16.2. The van der Waals surface area contributed by atoms with Crippen molar-refractivity contribution in [3.8, 4) is 23.0 Å². The van der Waals surface area contributed by atoms with E-state index < -0.39 is 0 Å². The molecule has 1 N–H and O–H groups in total. The minimum atomic E-state index is -0.287. The summed E-state index contributed by atoms with van der Waals surface area (Å²) in [6.07, 6.45) is 1.23. The van der Waals surface area contributed by atoms with Gasteiger partial charge in [-0.05, 0) is 47.5 Å². The van der Waals surface area contributed by atoms with Crippen LogP contribution >= 0.6 is 0 Å². The Bertz CT molecular complexity index is 807. The highest BCUT2D eigenvalue weighted by molar-refractivity contribution is 6.02. The molecule has 0 bridgehead atoms. The van der Waals surface area contributed by atoms with E-state index in [1.807, 2.05) is 12.1 Å². The molecular formula is C19H20N2O5. The highest BCUT2D eigenvalue weighted by Gasteiger charge is 2.30. The number of carbonyl (C=O) groups excluding carboxylic acids is 1. The predicted octanol–water partition coefficient (Wildman–Crippen LogP) is 2.73. The Morgan fingerprint density at radius 3 is 2.19 bits per heavy atom. The number of amides is 1. The molecule has 0 saturated carbocycles. The fourth-order valence-corrected chi connectivity index (χ4v) is 3.02. The number of nitrogens with zero attached hydrogens (tertiary/aromatic N) is 2. The van der Waals surface area contributed by atoms with Gasteiger partial charge in [0.15, 0.2) is 11.5 Å². The molecule has 3 rings (SSSR count). The molecule has 0 saturated heterocycles. The summed E-state index contributed by atoms with van der Waals surface area (Å²) in [6.45, 7) is 0. The van der Waals surface area contributed by atoms with Gasteiger partial charge in [0.05, 0.1) is 33.1 Å².